The number of hydrogen-bond donors (Lipinski definition) is 1. The zero-order chi connectivity index (χ0) is 16.5. The number of carbonyl (C=O) groups excluding carboxylic acids is 3. The van der Waals surface area contributed by atoms with Crippen molar-refractivity contribution >= 4 is 17.9 Å². The monoisotopic (exact) mass is 304 g/mol. The first-order chi connectivity index (χ1) is 10.1. The van der Waals surface area contributed by atoms with Gasteiger partial charge in [-0.3, -0.25) is 14.5 Å². The number of amides is 3. The Morgan fingerprint density at radius 2 is 1.82 bits per heavy atom. The van der Waals surface area contributed by atoms with Crippen LogP contribution < -0.4 is 5.32 Å². The predicted octanol–water partition coefficient (Wildman–Crippen LogP) is 1.80. The molecule has 0 aromatic heterocycles. The Balaban J connectivity index is 2.18. The van der Waals surface area contributed by atoms with E-state index < -0.39 is 35.6 Å². The van der Waals surface area contributed by atoms with Crippen molar-refractivity contribution in [3.8, 4) is 0 Å². The quantitative estimate of drug-likeness (QED) is 0.682. The highest BCUT2D eigenvalue weighted by molar-refractivity contribution is 6.08. The van der Waals surface area contributed by atoms with E-state index in [0.29, 0.717) is 5.56 Å². The summed E-state index contributed by atoms with van der Waals surface area (Å²) in [7, 11) is 0. The summed E-state index contributed by atoms with van der Waals surface area (Å²) in [4.78, 5) is 37.4. The molecular weight excluding hydrogens is 284 g/mol. The first kappa shape index (κ1) is 16.0. The van der Waals surface area contributed by atoms with Gasteiger partial charge in [-0.05, 0) is 33.3 Å². The van der Waals surface area contributed by atoms with Gasteiger partial charge >= 0.3 is 12.0 Å². The zero-order valence-corrected chi connectivity index (χ0v) is 13.2. The molecule has 1 aliphatic heterocycles. The van der Waals surface area contributed by atoms with Crippen molar-refractivity contribution in [2.75, 3.05) is 6.54 Å². The zero-order valence-electron chi connectivity index (χ0n) is 13.2. The molecule has 22 heavy (non-hydrogen) atoms. The van der Waals surface area contributed by atoms with Gasteiger partial charge in [0.1, 0.15) is 17.7 Å². The number of nitrogens with one attached hydrogen (secondary N) is 1. The molecule has 1 fully saturated rings. The van der Waals surface area contributed by atoms with Gasteiger partial charge in [0.25, 0.3) is 5.91 Å². The van der Waals surface area contributed by atoms with Crippen molar-refractivity contribution in [2.24, 2.45) is 0 Å². The van der Waals surface area contributed by atoms with Gasteiger partial charge in [-0.15, -0.1) is 0 Å². The lowest BCUT2D eigenvalue weighted by atomic mass is 9.92. The molecule has 0 spiro atoms. The fourth-order valence-corrected chi connectivity index (χ4v) is 2.31. The van der Waals surface area contributed by atoms with Crippen LogP contribution >= 0.6 is 0 Å². The van der Waals surface area contributed by atoms with Gasteiger partial charge in [0.15, 0.2) is 0 Å². The van der Waals surface area contributed by atoms with Crippen LogP contribution in [0.25, 0.3) is 0 Å². The minimum absolute atomic E-state index is 0.398. The lowest BCUT2D eigenvalue weighted by Crippen LogP contribution is -2.42. The molecule has 6 nitrogen and oxygen atoms in total. The van der Waals surface area contributed by atoms with E-state index >= 15 is 0 Å². The number of ether oxygens (including phenoxy) is 1. The predicted molar refractivity (Wildman–Crippen MR) is 79.9 cm³/mol. The summed E-state index contributed by atoms with van der Waals surface area (Å²) in [6.07, 6.45) is 0. The molecule has 1 N–H and O–H groups in total. The Labute approximate surface area is 129 Å². The number of benzene rings is 1. The van der Waals surface area contributed by atoms with E-state index in [4.69, 9.17) is 4.74 Å². The molecule has 0 radical (unpaired) electrons. The standard InChI is InChI=1S/C16H20N2O4/c1-15(2,3)22-12(19)10-18-13(20)16(4,17-14(18)21)11-8-6-5-7-9-11/h5-9H,10H2,1-4H3,(H,17,21)/t16-/m1/s1. The normalized spacial score (nSPS) is 21.7. The van der Waals surface area contributed by atoms with Crippen LogP contribution in [0.2, 0.25) is 0 Å². The largest absolute Gasteiger partial charge is 0.459 e. The minimum Gasteiger partial charge on any atom is -0.459 e. The van der Waals surface area contributed by atoms with Crippen molar-refractivity contribution in [1.29, 1.82) is 0 Å². The van der Waals surface area contributed by atoms with Gasteiger partial charge in [-0.25, -0.2) is 4.79 Å². The van der Waals surface area contributed by atoms with Crippen molar-refractivity contribution in [1.82, 2.24) is 10.2 Å². The van der Waals surface area contributed by atoms with Gasteiger partial charge in [0.2, 0.25) is 0 Å². The Morgan fingerprint density at radius 1 is 1.23 bits per heavy atom. The smallest absolute Gasteiger partial charge is 0.326 e. The summed E-state index contributed by atoms with van der Waals surface area (Å²) in [6, 6.07) is 8.33. The van der Waals surface area contributed by atoms with E-state index in [9.17, 15) is 14.4 Å². The molecule has 0 unspecified atom stereocenters. The van der Waals surface area contributed by atoms with Crippen molar-refractivity contribution in [2.45, 2.75) is 38.8 Å². The highest BCUT2D eigenvalue weighted by Crippen LogP contribution is 2.28. The van der Waals surface area contributed by atoms with E-state index in [1.165, 1.54) is 0 Å². The number of nitrogens with zero attached hydrogens (tertiary/aromatic N) is 1. The molecule has 0 aliphatic carbocycles. The van der Waals surface area contributed by atoms with Crippen LogP contribution in [-0.4, -0.2) is 35.0 Å². The Morgan fingerprint density at radius 3 is 2.36 bits per heavy atom. The molecule has 6 heteroatoms. The molecule has 1 heterocycles. The molecule has 1 aliphatic rings. The van der Waals surface area contributed by atoms with Crippen LogP contribution in [0.1, 0.15) is 33.3 Å². The Kier molecular flexibility index (Phi) is 3.96. The summed E-state index contributed by atoms with van der Waals surface area (Å²) in [5.41, 5.74) is -1.17. The SMILES string of the molecule is CC(C)(C)OC(=O)CN1C(=O)N[C@](C)(c2ccccc2)C1=O. The van der Waals surface area contributed by atoms with Gasteiger partial charge in [-0.1, -0.05) is 30.3 Å². The highest BCUT2D eigenvalue weighted by atomic mass is 16.6. The second-order valence-corrected chi connectivity index (χ2v) is 6.40. The van der Waals surface area contributed by atoms with Crippen molar-refractivity contribution in [3.05, 3.63) is 35.9 Å². The van der Waals surface area contributed by atoms with E-state index in [1.54, 1.807) is 52.0 Å². The molecule has 1 atom stereocenters. The topological polar surface area (TPSA) is 75.7 Å². The average molecular weight is 304 g/mol. The van der Waals surface area contributed by atoms with Gasteiger partial charge in [0, 0.05) is 0 Å². The van der Waals surface area contributed by atoms with Gasteiger partial charge < -0.3 is 10.1 Å². The lowest BCUT2D eigenvalue weighted by Gasteiger charge is -2.23. The third-order valence-corrected chi connectivity index (χ3v) is 3.33. The van der Waals surface area contributed by atoms with E-state index in [0.717, 1.165) is 4.90 Å². The summed E-state index contributed by atoms with van der Waals surface area (Å²) in [5.74, 6) is -1.08. The fraction of sp³-hybridized carbons (Fsp3) is 0.438. The Hall–Kier alpha value is -2.37. The summed E-state index contributed by atoms with van der Waals surface area (Å²) >= 11 is 0. The number of carbonyl (C=O) groups is 3. The number of esters is 1. The van der Waals surface area contributed by atoms with Crippen LogP contribution in [0, 0.1) is 0 Å². The highest BCUT2D eigenvalue weighted by Gasteiger charge is 2.49. The second-order valence-electron chi connectivity index (χ2n) is 6.40. The maximum absolute atomic E-state index is 12.6. The molecule has 0 bridgehead atoms. The molecule has 1 saturated heterocycles. The summed E-state index contributed by atoms with van der Waals surface area (Å²) in [6.45, 7) is 6.41. The minimum atomic E-state index is -1.17. The number of hydrogen-bond acceptors (Lipinski definition) is 4. The molecular formula is C16H20N2O4. The molecule has 0 saturated carbocycles. The first-order valence-corrected chi connectivity index (χ1v) is 7.05. The molecule has 3 amide bonds. The molecule has 118 valence electrons. The van der Waals surface area contributed by atoms with Gasteiger partial charge in [0.05, 0.1) is 0 Å². The molecule has 1 aromatic carbocycles. The first-order valence-electron chi connectivity index (χ1n) is 7.05. The second kappa shape index (κ2) is 5.44. The fourth-order valence-electron chi connectivity index (χ4n) is 2.31. The van der Waals surface area contributed by atoms with E-state index in [-0.39, 0.29) is 0 Å². The third kappa shape index (κ3) is 3.10. The maximum Gasteiger partial charge on any atom is 0.326 e. The van der Waals surface area contributed by atoms with Crippen molar-refractivity contribution < 1.29 is 19.1 Å². The number of imide groups is 1. The van der Waals surface area contributed by atoms with Crippen LogP contribution in [-0.2, 0) is 19.9 Å². The maximum atomic E-state index is 12.6. The number of urea groups is 1. The summed E-state index contributed by atoms with van der Waals surface area (Å²) in [5, 5.41) is 2.64. The van der Waals surface area contributed by atoms with E-state index in [2.05, 4.69) is 5.32 Å². The van der Waals surface area contributed by atoms with Crippen LogP contribution in [0.5, 0.6) is 0 Å². The Bertz CT molecular complexity index is 606. The van der Waals surface area contributed by atoms with Crippen molar-refractivity contribution in [3.63, 3.8) is 0 Å². The summed E-state index contributed by atoms with van der Waals surface area (Å²) < 4.78 is 5.16. The van der Waals surface area contributed by atoms with Crippen LogP contribution in [0.15, 0.2) is 30.3 Å². The van der Waals surface area contributed by atoms with E-state index in [1.807, 2.05) is 6.07 Å². The number of rotatable bonds is 3. The van der Waals surface area contributed by atoms with Crippen LogP contribution in [0.3, 0.4) is 0 Å². The third-order valence-electron chi connectivity index (χ3n) is 3.33. The lowest BCUT2D eigenvalue weighted by molar-refractivity contribution is -0.157. The average Bonchev–Trinajstić information content (AvgIpc) is 2.62. The molecule has 1 aromatic rings. The van der Waals surface area contributed by atoms with Crippen LogP contribution in [0.4, 0.5) is 4.79 Å². The van der Waals surface area contributed by atoms with Gasteiger partial charge in [-0.2, -0.15) is 0 Å². The molecule has 2 rings (SSSR count).